The summed E-state index contributed by atoms with van der Waals surface area (Å²) in [5.74, 6) is 0.585. The smallest absolute Gasteiger partial charge is 0.256 e. The fourth-order valence-electron chi connectivity index (χ4n) is 2.28. The second-order valence-electron chi connectivity index (χ2n) is 5.36. The highest BCUT2D eigenvalue weighted by atomic mass is 35.5. The van der Waals surface area contributed by atoms with Gasteiger partial charge in [-0.3, -0.25) is 9.48 Å². The van der Waals surface area contributed by atoms with Gasteiger partial charge in [0.2, 0.25) is 0 Å². The minimum Gasteiger partial charge on any atom is -0.497 e. The molecule has 0 saturated carbocycles. The molecule has 0 saturated heterocycles. The number of methoxy groups -OCH3 is 1. The predicted molar refractivity (Wildman–Crippen MR) is 91.0 cm³/mol. The summed E-state index contributed by atoms with van der Waals surface area (Å²) in [5.41, 5.74) is 2.10. The third kappa shape index (κ3) is 4.26. The Kier molecular flexibility index (Phi) is 6.04. The molecular weight excluding hydrogens is 314 g/mol. The Labute approximate surface area is 141 Å². The topological polar surface area (TPSA) is 56.2 Å². The number of nitrogens with one attached hydrogen (secondary N) is 1. The lowest BCUT2D eigenvalue weighted by Gasteiger charge is -2.06. The molecule has 1 heterocycles. The lowest BCUT2D eigenvalue weighted by atomic mass is 10.2. The highest BCUT2D eigenvalue weighted by Gasteiger charge is 2.19. The first kappa shape index (κ1) is 17.3. The van der Waals surface area contributed by atoms with Crippen molar-refractivity contribution in [1.82, 2.24) is 15.1 Å². The van der Waals surface area contributed by atoms with E-state index in [0.29, 0.717) is 23.0 Å². The molecule has 5 nitrogen and oxygen atoms in total. The number of carbonyl (C=O) groups is 1. The number of unbranched alkanes of at least 4 members (excludes halogenated alkanes) is 1. The summed E-state index contributed by atoms with van der Waals surface area (Å²) >= 11 is 6.30. The van der Waals surface area contributed by atoms with E-state index in [1.807, 2.05) is 24.3 Å². The van der Waals surface area contributed by atoms with Gasteiger partial charge in [-0.2, -0.15) is 5.10 Å². The largest absolute Gasteiger partial charge is 0.497 e. The van der Waals surface area contributed by atoms with Crippen LogP contribution in [0.15, 0.2) is 24.3 Å². The SMILES string of the molecule is CCCCn1nc(C)c(C(=O)NCc2ccc(OC)cc2)c1Cl. The molecule has 0 unspecified atom stereocenters. The van der Waals surface area contributed by atoms with Gasteiger partial charge in [0.25, 0.3) is 5.91 Å². The van der Waals surface area contributed by atoms with Crippen molar-refractivity contribution < 1.29 is 9.53 Å². The van der Waals surface area contributed by atoms with Crippen LogP contribution in [0.2, 0.25) is 5.15 Å². The van der Waals surface area contributed by atoms with Crippen molar-refractivity contribution in [2.75, 3.05) is 7.11 Å². The third-order valence-corrected chi connectivity index (χ3v) is 4.01. The number of aryl methyl sites for hydroxylation is 2. The van der Waals surface area contributed by atoms with Crippen LogP contribution >= 0.6 is 11.6 Å². The Morgan fingerprint density at radius 3 is 2.65 bits per heavy atom. The molecule has 1 amide bonds. The minimum absolute atomic E-state index is 0.203. The Balaban J connectivity index is 2.03. The standard InChI is InChI=1S/C17H22ClN3O2/c1-4-5-10-21-16(18)15(12(2)20-21)17(22)19-11-13-6-8-14(23-3)9-7-13/h6-9H,4-5,10-11H2,1-3H3,(H,19,22). The van der Waals surface area contributed by atoms with Gasteiger partial charge in [0.15, 0.2) is 0 Å². The predicted octanol–water partition coefficient (Wildman–Crippen LogP) is 3.58. The molecule has 6 heteroatoms. The summed E-state index contributed by atoms with van der Waals surface area (Å²) in [6, 6.07) is 7.56. The molecule has 124 valence electrons. The lowest BCUT2D eigenvalue weighted by molar-refractivity contribution is 0.0950. The first-order valence-electron chi connectivity index (χ1n) is 7.70. The number of nitrogens with zero attached hydrogens (tertiary/aromatic N) is 2. The Bertz CT molecular complexity index is 665. The number of ether oxygens (including phenoxy) is 1. The van der Waals surface area contributed by atoms with E-state index >= 15 is 0 Å². The molecule has 1 N–H and O–H groups in total. The first-order valence-corrected chi connectivity index (χ1v) is 8.08. The highest BCUT2D eigenvalue weighted by Crippen LogP contribution is 2.20. The van der Waals surface area contributed by atoms with Gasteiger partial charge in [0, 0.05) is 13.1 Å². The van der Waals surface area contributed by atoms with Crippen molar-refractivity contribution >= 4 is 17.5 Å². The van der Waals surface area contributed by atoms with Gasteiger partial charge in [0.1, 0.15) is 10.9 Å². The summed E-state index contributed by atoms with van der Waals surface area (Å²) < 4.78 is 6.81. The normalized spacial score (nSPS) is 10.6. The van der Waals surface area contributed by atoms with E-state index in [2.05, 4.69) is 17.3 Å². The zero-order valence-electron chi connectivity index (χ0n) is 13.7. The van der Waals surface area contributed by atoms with Crippen molar-refractivity contribution in [3.63, 3.8) is 0 Å². The van der Waals surface area contributed by atoms with E-state index in [-0.39, 0.29) is 5.91 Å². The van der Waals surface area contributed by atoms with Crippen molar-refractivity contribution in [2.24, 2.45) is 0 Å². The number of carbonyl (C=O) groups excluding carboxylic acids is 1. The molecule has 2 rings (SSSR count). The number of hydrogen-bond donors (Lipinski definition) is 1. The van der Waals surface area contributed by atoms with Gasteiger partial charge in [-0.15, -0.1) is 0 Å². The van der Waals surface area contributed by atoms with Gasteiger partial charge in [-0.25, -0.2) is 0 Å². The molecule has 1 aromatic carbocycles. The monoisotopic (exact) mass is 335 g/mol. The quantitative estimate of drug-likeness (QED) is 0.841. The Morgan fingerprint density at radius 2 is 2.04 bits per heavy atom. The molecule has 0 aliphatic carbocycles. The van der Waals surface area contributed by atoms with Crippen LogP contribution in [-0.2, 0) is 13.1 Å². The first-order chi connectivity index (χ1) is 11.1. The Morgan fingerprint density at radius 1 is 1.35 bits per heavy atom. The van der Waals surface area contributed by atoms with Gasteiger partial charge >= 0.3 is 0 Å². The number of halogens is 1. The van der Waals surface area contributed by atoms with Crippen LogP contribution in [0.25, 0.3) is 0 Å². The van der Waals surface area contributed by atoms with Crippen molar-refractivity contribution in [2.45, 2.75) is 39.8 Å². The number of hydrogen-bond acceptors (Lipinski definition) is 3. The molecule has 0 bridgehead atoms. The van der Waals surface area contributed by atoms with Gasteiger partial charge in [-0.05, 0) is 31.0 Å². The van der Waals surface area contributed by atoms with Crippen LogP contribution in [0.3, 0.4) is 0 Å². The van der Waals surface area contributed by atoms with E-state index in [9.17, 15) is 4.79 Å². The van der Waals surface area contributed by atoms with Gasteiger partial charge in [-0.1, -0.05) is 37.1 Å². The Hall–Kier alpha value is -2.01. The fourth-order valence-corrected chi connectivity index (χ4v) is 2.63. The average molecular weight is 336 g/mol. The highest BCUT2D eigenvalue weighted by molar-refractivity contribution is 6.33. The molecular formula is C17H22ClN3O2. The van der Waals surface area contributed by atoms with E-state index in [0.717, 1.165) is 30.7 Å². The van der Waals surface area contributed by atoms with Crippen molar-refractivity contribution in [1.29, 1.82) is 0 Å². The van der Waals surface area contributed by atoms with E-state index in [4.69, 9.17) is 16.3 Å². The second-order valence-corrected chi connectivity index (χ2v) is 5.72. The van der Waals surface area contributed by atoms with Crippen molar-refractivity contribution in [3.8, 4) is 5.75 Å². The van der Waals surface area contributed by atoms with Crippen molar-refractivity contribution in [3.05, 3.63) is 46.2 Å². The summed E-state index contributed by atoms with van der Waals surface area (Å²) in [6.07, 6.45) is 2.03. The van der Waals surface area contributed by atoms with Crippen LogP contribution in [0.5, 0.6) is 5.75 Å². The number of rotatable bonds is 7. The molecule has 0 radical (unpaired) electrons. The second kappa shape index (κ2) is 8.02. The molecule has 1 aromatic heterocycles. The number of amides is 1. The maximum Gasteiger partial charge on any atom is 0.256 e. The molecule has 0 aliphatic rings. The summed E-state index contributed by atoms with van der Waals surface area (Å²) in [4.78, 5) is 12.4. The fraction of sp³-hybridized carbons (Fsp3) is 0.412. The van der Waals surface area contributed by atoms with Crippen LogP contribution in [0.1, 0.15) is 41.4 Å². The number of benzene rings is 1. The van der Waals surface area contributed by atoms with Crippen LogP contribution in [-0.4, -0.2) is 22.8 Å². The minimum atomic E-state index is -0.203. The zero-order chi connectivity index (χ0) is 16.8. The molecule has 0 spiro atoms. The summed E-state index contributed by atoms with van der Waals surface area (Å²) in [7, 11) is 1.62. The third-order valence-electron chi connectivity index (χ3n) is 3.63. The molecule has 0 atom stereocenters. The molecule has 2 aromatic rings. The van der Waals surface area contributed by atoms with Crippen LogP contribution < -0.4 is 10.1 Å². The van der Waals surface area contributed by atoms with Crippen LogP contribution in [0.4, 0.5) is 0 Å². The number of aromatic nitrogens is 2. The van der Waals surface area contributed by atoms with E-state index in [1.165, 1.54) is 0 Å². The lowest BCUT2D eigenvalue weighted by Crippen LogP contribution is -2.23. The van der Waals surface area contributed by atoms with E-state index in [1.54, 1.807) is 18.7 Å². The van der Waals surface area contributed by atoms with Crippen LogP contribution in [0, 0.1) is 6.92 Å². The maximum atomic E-state index is 12.4. The zero-order valence-corrected chi connectivity index (χ0v) is 14.5. The molecule has 0 fully saturated rings. The van der Waals surface area contributed by atoms with Gasteiger partial charge in [0.05, 0.1) is 18.4 Å². The van der Waals surface area contributed by atoms with E-state index < -0.39 is 0 Å². The average Bonchev–Trinajstić information content (AvgIpc) is 2.85. The molecule has 0 aliphatic heterocycles. The molecule has 23 heavy (non-hydrogen) atoms. The summed E-state index contributed by atoms with van der Waals surface area (Å²) in [6.45, 7) is 5.06. The summed E-state index contributed by atoms with van der Waals surface area (Å²) in [5, 5.41) is 7.65. The van der Waals surface area contributed by atoms with Gasteiger partial charge < -0.3 is 10.1 Å². The maximum absolute atomic E-state index is 12.4.